The van der Waals surface area contributed by atoms with Gasteiger partial charge >= 0.3 is 0 Å². The van der Waals surface area contributed by atoms with Crippen molar-refractivity contribution in [3.05, 3.63) is 30.3 Å². The molecule has 0 aliphatic carbocycles. The Kier molecular flexibility index (Phi) is 2.57. The summed E-state index contributed by atoms with van der Waals surface area (Å²) in [5.41, 5.74) is 3.21. The number of nitrogen functional groups attached to an aromatic ring is 1. The number of rotatable bonds is 2. The van der Waals surface area contributed by atoms with E-state index in [9.17, 15) is 10.2 Å². The summed E-state index contributed by atoms with van der Waals surface area (Å²) in [4.78, 5) is 0. The molecule has 0 saturated carbocycles. The van der Waals surface area contributed by atoms with Crippen molar-refractivity contribution in [1.82, 2.24) is 10.2 Å². The van der Waals surface area contributed by atoms with E-state index in [2.05, 4.69) is 15.6 Å². The number of aromatic nitrogens is 2. The fourth-order valence-electron chi connectivity index (χ4n) is 1.28. The lowest BCUT2D eigenvalue weighted by atomic mass is 10.1. The monoisotopic (exact) mass is 218 g/mol. The van der Waals surface area contributed by atoms with Crippen LogP contribution < -0.4 is 11.3 Å². The second-order valence-corrected chi connectivity index (χ2v) is 3.15. The Labute approximate surface area is 91.3 Å². The van der Waals surface area contributed by atoms with Crippen LogP contribution in [0.1, 0.15) is 0 Å². The molecule has 0 unspecified atom stereocenters. The first-order chi connectivity index (χ1) is 7.70. The number of hydrazine groups is 1. The third-order valence-corrected chi connectivity index (χ3v) is 2.07. The van der Waals surface area contributed by atoms with Gasteiger partial charge in [0.1, 0.15) is 11.5 Å². The first kappa shape index (κ1) is 10.2. The molecule has 0 spiro atoms. The highest BCUT2D eigenvalue weighted by Gasteiger charge is 2.07. The molecule has 1 aromatic heterocycles. The maximum Gasteiger partial charge on any atom is 0.162 e. The van der Waals surface area contributed by atoms with Gasteiger partial charge < -0.3 is 15.6 Å². The van der Waals surface area contributed by atoms with Crippen molar-refractivity contribution in [2.24, 2.45) is 5.84 Å². The summed E-state index contributed by atoms with van der Waals surface area (Å²) in [7, 11) is 0. The van der Waals surface area contributed by atoms with E-state index in [1.807, 2.05) is 0 Å². The zero-order valence-corrected chi connectivity index (χ0v) is 8.25. The Morgan fingerprint density at radius 1 is 1.06 bits per heavy atom. The third-order valence-electron chi connectivity index (χ3n) is 2.07. The lowest BCUT2D eigenvalue weighted by Gasteiger charge is -2.04. The van der Waals surface area contributed by atoms with Gasteiger partial charge in [-0.05, 0) is 30.3 Å². The molecule has 0 fully saturated rings. The zero-order chi connectivity index (χ0) is 11.5. The number of hydrogen-bond donors (Lipinski definition) is 4. The number of aromatic hydroxyl groups is 2. The normalized spacial score (nSPS) is 10.1. The van der Waals surface area contributed by atoms with Crippen LogP contribution in [0.4, 0.5) is 5.82 Å². The van der Waals surface area contributed by atoms with Crippen LogP contribution in [0.2, 0.25) is 0 Å². The number of anilines is 1. The molecule has 2 aromatic rings. The van der Waals surface area contributed by atoms with Gasteiger partial charge in [0.25, 0.3) is 0 Å². The van der Waals surface area contributed by atoms with Crippen LogP contribution in [-0.4, -0.2) is 20.4 Å². The topological polar surface area (TPSA) is 104 Å². The van der Waals surface area contributed by atoms with Gasteiger partial charge in [-0.15, -0.1) is 10.2 Å². The van der Waals surface area contributed by atoms with Gasteiger partial charge in [0, 0.05) is 5.56 Å². The molecule has 0 radical (unpaired) electrons. The summed E-state index contributed by atoms with van der Waals surface area (Å²) < 4.78 is 0. The second kappa shape index (κ2) is 4.03. The molecule has 2 rings (SSSR count). The van der Waals surface area contributed by atoms with E-state index in [0.29, 0.717) is 17.1 Å². The quantitative estimate of drug-likeness (QED) is 0.338. The fourth-order valence-corrected chi connectivity index (χ4v) is 1.28. The molecule has 0 aliphatic rings. The SMILES string of the molecule is NNc1ccc(-c2cc(O)ccc2O)nn1. The Hall–Kier alpha value is -2.34. The lowest BCUT2D eigenvalue weighted by molar-refractivity contribution is 0.461. The van der Waals surface area contributed by atoms with E-state index in [4.69, 9.17) is 5.84 Å². The highest BCUT2D eigenvalue weighted by Crippen LogP contribution is 2.30. The van der Waals surface area contributed by atoms with Gasteiger partial charge in [0.15, 0.2) is 5.82 Å². The first-order valence-electron chi connectivity index (χ1n) is 4.53. The molecule has 82 valence electrons. The van der Waals surface area contributed by atoms with Crippen molar-refractivity contribution in [3.63, 3.8) is 0 Å². The molecule has 6 nitrogen and oxygen atoms in total. The van der Waals surface area contributed by atoms with Crippen LogP contribution in [0.15, 0.2) is 30.3 Å². The van der Waals surface area contributed by atoms with E-state index < -0.39 is 0 Å². The molecule has 16 heavy (non-hydrogen) atoms. The number of nitrogens with zero attached hydrogens (tertiary/aromatic N) is 2. The minimum Gasteiger partial charge on any atom is -0.508 e. The van der Waals surface area contributed by atoms with Crippen molar-refractivity contribution < 1.29 is 10.2 Å². The van der Waals surface area contributed by atoms with Crippen molar-refractivity contribution in [2.75, 3.05) is 5.43 Å². The number of phenolic OH excluding ortho intramolecular Hbond substituents is 2. The van der Waals surface area contributed by atoms with Gasteiger partial charge in [-0.2, -0.15) is 0 Å². The third kappa shape index (κ3) is 1.86. The maximum atomic E-state index is 9.60. The average molecular weight is 218 g/mol. The zero-order valence-electron chi connectivity index (χ0n) is 8.25. The lowest BCUT2D eigenvalue weighted by Crippen LogP contribution is -2.08. The van der Waals surface area contributed by atoms with Gasteiger partial charge in [-0.1, -0.05) is 0 Å². The largest absolute Gasteiger partial charge is 0.508 e. The molecule has 0 bridgehead atoms. The molecule has 5 N–H and O–H groups in total. The highest BCUT2D eigenvalue weighted by molar-refractivity contribution is 5.68. The summed E-state index contributed by atoms with van der Waals surface area (Å²) in [5.74, 6) is 5.65. The molecular formula is C10H10N4O2. The van der Waals surface area contributed by atoms with Crippen LogP contribution in [0.25, 0.3) is 11.3 Å². The Balaban J connectivity index is 2.45. The molecule has 1 heterocycles. The smallest absolute Gasteiger partial charge is 0.162 e. The predicted molar refractivity (Wildman–Crippen MR) is 58.6 cm³/mol. The van der Waals surface area contributed by atoms with Gasteiger partial charge in [-0.3, -0.25) is 0 Å². The average Bonchev–Trinajstić information content (AvgIpc) is 2.32. The molecule has 0 amide bonds. The summed E-state index contributed by atoms with van der Waals surface area (Å²) in [6.07, 6.45) is 0. The summed E-state index contributed by atoms with van der Waals surface area (Å²) in [5, 5.41) is 26.5. The molecule has 0 atom stereocenters. The maximum absolute atomic E-state index is 9.60. The van der Waals surface area contributed by atoms with Crippen LogP contribution in [0, 0.1) is 0 Å². The minimum atomic E-state index is 0.0283. The number of nitrogens with one attached hydrogen (secondary N) is 1. The van der Waals surface area contributed by atoms with Crippen LogP contribution in [-0.2, 0) is 0 Å². The summed E-state index contributed by atoms with van der Waals surface area (Å²) in [6, 6.07) is 7.45. The van der Waals surface area contributed by atoms with E-state index in [-0.39, 0.29) is 11.5 Å². The standard InChI is InChI=1S/C10H10N4O2/c11-12-10-4-2-8(13-14-10)7-5-6(15)1-3-9(7)16/h1-5,15-16H,11H2,(H,12,14). The van der Waals surface area contributed by atoms with Gasteiger partial charge in [0.05, 0.1) is 5.69 Å². The van der Waals surface area contributed by atoms with Crippen LogP contribution in [0.3, 0.4) is 0 Å². The highest BCUT2D eigenvalue weighted by atomic mass is 16.3. The fraction of sp³-hybridized carbons (Fsp3) is 0. The number of nitrogens with two attached hydrogens (primary N) is 1. The number of benzene rings is 1. The number of hydrogen-bond acceptors (Lipinski definition) is 6. The Bertz CT molecular complexity index is 499. The van der Waals surface area contributed by atoms with E-state index in [1.54, 1.807) is 12.1 Å². The van der Waals surface area contributed by atoms with Crippen LogP contribution in [0.5, 0.6) is 11.5 Å². The minimum absolute atomic E-state index is 0.0283. The van der Waals surface area contributed by atoms with Crippen molar-refractivity contribution in [2.45, 2.75) is 0 Å². The number of phenols is 2. The molecule has 0 aliphatic heterocycles. The van der Waals surface area contributed by atoms with Crippen LogP contribution >= 0.6 is 0 Å². The van der Waals surface area contributed by atoms with Crippen molar-refractivity contribution in [3.8, 4) is 22.8 Å². The molecule has 0 saturated heterocycles. The van der Waals surface area contributed by atoms with Gasteiger partial charge in [-0.25, -0.2) is 5.84 Å². The molecule has 1 aromatic carbocycles. The molecular weight excluding hydrogens is 208 g/mol. The Morgan fingerprint density at radius 2 is 1.88 bits per heavy atom. The van der Waals surface area contributed by atoms with Gasteiger partial charge in [0.2, 0.25) is 0 Å². The van der Waals surface area contributed by atoms with Crippen molar-refractivity contribution in [1.29, 1.82) is 0 Å². The van der Waals surface area contributed by atoms with E-state index in [1.165, 1.54) is 18.2 Å². The van der Waals surface area contributed by atoms with Crippen molar-refractivity contribution >= 4 is 5.82 Å². The molecule has 6 heteroatoms. The second-order valence-electron chi connectivity index (χ2n) is 3.15. The Morgan fingerprint density at radius 3 is 2.50 bits per heavy atom. The van der Waals surface area contributed by atoms with E-state index in [0.717, 1.165) is 0 Å². The van der Waals surface area contributed by atoms with E-state index >= 15 is 0 Å². The summed E-state index contributed by atoms with van der Waals surface area (Å²) >= 11 is 0. The first-order valence-corrected chi connectivity index (χ1v) is 4.53. The predicted octanol–water partition coefficient (Wildman–Crippen LogP) is 0.840. The summed E-state index contributed by atoms with van der Waals surface area (Å²) in [6.45, 7) is 0.